The Kier molecular flexibility index (Phi) is 5.55. The predicted molar refractivity (Wildman–Crippen MR) is 61.4 cm³/mol. The lowest BCUT2D eigenvalue weighted by Crippen LogP contribution is -2.43. The van der Waals surface area contributed by atoms with E-state index >= 15 is 0 Å². The van der Waals surface area contributed by atoms with Gasteiger partial charge in [-0.1, -0.05) is 0 Å². The van der Waals surface area contributed by atoms with E-state index in [1.54, 1.807) is 21.3 Å². The maximum Gasteiger partial charge on any atom is 0.314 e. The third-order valence-electron chi connectivity index (χ3n) is 3.27. The van der Waals surface area contributed by atoms with Gasteiger partial charge in [0.05, 0.1) is 12.2 Å². The first-order chi connectivity index (χ1) is 7.71. The van der Waals surface area contributed by atoms with Crippen molar-refractivity contribution in [1.29, 1.82) is 0 Å². The van der Waals surface area contributed by atoms with E-state index in [2.05, 4.69) is 10.6 Å². The van der Waals surface area contributed by atoms with Gasteiger partial charge >= 0.3 is 6.03 Å². The molecule has 0 aromatic heterocycles. The highest BCUT2D eigenvalue weighted by atomic mass is 16.5. The molecule has 3 unspecified atom stereocenters. The molecule has 5 heteroatoms. The van der Waals surface area contributed by atoms with Gasteiger partial charge in [-0.2, -0.15) is 0 Å². The molecule has 2 amide bonds. The molecule has 94 valence electrons. The van der Waals surface area contributed by atoms with E-state index in [1.807, 2.05) is 0 Å². The zero-order valence-electron chi connectivity index (χ0n) is 10.3. The Hall–Kier alpha value is -0.810. The van der Waals surface area contributed by atoms with Crippen LogP contribution in [0.1, 0.15) is 19.3 Å². The van der Waals surface area contributed by atoms with Crippen molar-refractivity contribution in [2.75, 3.05) is 27.8 Å². The van der Waals surface area contributed by atoms with Crippen molar-refractivity contribution in [2.45, 2.75) is 31.5 Å². The lowest BCUT2D eigenvalue weighted by Gasteiger charge is -2.34. The second-order valence-electron chi connectivity index (χ2n) is 4.17. The van der Waals surface area contributed by atoms with E-state index in [1.165, 1.54) is 0 Å². The van der Waals surface area contributed by atoms with Crippen LogP contribution in [-0.4, -0.2) is 46.1 Å². The monoisotopic (exact) mass is 230 g/mol. The first kappa shape index (κ1) is 13.3. The van der Waals surface area contributed by atoms with Gasteiger partial charge in [0, 0.05) is 40.2 Å². The number of carbonyl (C=O) groups excluding carboxylic acids is 1. The average molecular weight is 230 g/mol. The second kappa shape index (κ2) is 6.70. The summed E-state index contributed by atoms with van der Waals surface area (Å²) in [5.41, 5.74) is 0. The number of hydrogen-bond acceptors (Lipinski definition) is 3. The third-order valence-corrected chi connectivity index (χ3v) is 3.27. The van der Waals surface area contributed by atoms with Crippen LogP contribution in [0.2, 0.25) is 0 Å². The highest BCUT2D eigenvalue weighted by Gasteiger charge is 2.30. The highest BCUT2D eigenvalue weighted by Crippen LogP contribution is 2.27. The van der Waals surface area contributed by atoms with Crippen molar-refractivity contribution < 1.29 is 14.3 Å². The van der Waals surface area contributed by atoms with Gasteiger partial charge in [-0.25, -0.2) is 4.79 Å². The standard InChI is InChI=1S/C11H22N2O3/c1-12-11(14)13-7-8-4-5-9(15-2)6-10(8)16-3/h8-10H,4-7H2,1-3H3,(H2,12,13,14). The largest absolute Gasteiger partial charge is 0.381 e. The lowest BCUT2D eigenvalue weighted by atomic mass is 9.84. The van der Waals surface area contributed by atoms with Crippen LogP contribution in [0.15, 0.2) is 0 Å². The van der Waals surface area contributed by atoms with Crippen molar-refractivity contribution in [3.05, 3.63) is 0 Å². The van der Waals surface area contributed by atoms with Crippen LogP contribution in [0.5, 0.6) is 0 Å². The minimum atomic E-state index is -0.135. The van der Waals surface area contributed by atoms with Gasteiger partial charge in [0.1, 0.15) is 0 Å². The lowest BCUT2D eigenvalue weighted by molar-refractivity contribution is -0.0398. The van der Waals surface area contributed by atoms with Gasteiger partial charge in [-0.15, -0.1) is 0 Å². The van der Waals surface area contributed by atoms with Gasteiger partial charge in [0.15, 0.2) is 0 Å². The summed E-state index contributed by atoms with van der Waals surface area (Å²) < 4.78 is 10.8. The number of carbonyl (C=O) groups is 1. The van der Waals surface area contributed by atoms with Crippen LogP contribution in [-0.2, 0) is 9.47 Å². The highest BCUT2D eigenvalue weighted by molar-refractivity contribution is 5.73. The summed E-state index contributed by atoms with van der Waals surface area (Å²) in [5, 5.41) is 5.37. The number of nitrogens with one attached hydrogen (secondary N) is 2. The third kappa shape index (κ3) is 3.64. The summed E-state index contributed by atoms with van der Waals surface area (Å²) in [6.45, 7) is 0.661. The van der Waals surface area contributed by atoms with Crippen molar-refractivity contribution in [2.24, 2.45) is 5.92 Å². The van der Waals surface area contributed by atoms with Crippen molar-refractivity contribution in [3.63, 3.8) is 0 Å². The Labute approximate surface area is 96.9 Å². The molecule has 0 radical (unpaired) electrons. The average Bonchev–Trinajstić information content (AvgIpc) is 2.35. The Morgan fingerprint density at radius 3 is 2.62 bits per heavy atom. The fourth-order valence-electron chi connectivity index (χ4n) is 2.20. The summed E-state index contributed by atoms with van der Waals surface area (Å²) >= 11 is 0. The fourth-order valence-corrected chi connectivity index (χ4v) is 2.20. The maximum absolute atomic E-state index is 11.1. The molecule has 2 N–H and O–H groups in total. The fraction of sp³-hybridized carbons (Fsp3) is 0.909. The quantitative estimate of drug-likeness (QED) is 0.749. The Morgan fingerprint density at radius 1 is 1.31 bits per heavy atom. The molecule has 1 saturated carbocycles. The molecular formula is C11H22N2O3. The Morgan fingerprint density at radius 2 is 2.06 bits per heavy atom. The zero-order valence-corrected chi connectivity index (χ0v) is 10.3. The van der Waals surface area contributed by atoms with Gasteiger partial charge < -0.3 is 20.1 Å². The Bertz CT molecular complexity index is 223. The van der Waals surface area contributed by atoms with Crippen LogP contribution in [0.4, 0.5) is 4.79 Å². The van der Waals surface area contributed by atoms with E-state index in [0.717, 1.165) is 19.3 Å². The van der Waals surface area contributed by atoms with Gasteiger partial charge in [0.2, 0.25) is 0 Å². The zero-order chi connectivity index (χ0) is 12.0. The van der Waals surface area contributed by atoms with Crippen LogP contribution >= 0.6 is 0 Å². The minimum absolute atomic E-state index is 0.135. The van der Waals surface area contributed by atoms with Gasteiger partial charge in [0.25, 0.3) is 0 Å². The molecule has 1 rings (SSSR count). The summed E-state index contributed by atoms with van der Waals surface area (Å²) in [6, 6.07) is -0.135. The van der Waals surface area contributed by atoms with Crippen molar-refractivity contribution >= 4 is 6.03 Å². The van der Waals surface area contributed by atoms with Crippen LogP contribution in [0, 0.1) is 5.92 Å². The summed E-state index contributed by atoms with van der Waals surface area (Å²) in [5.74, 6) is 0.383. The Balaban J connectivity index is 2.38. The van der Waals surface area contributed by atoms with Gasteiger partial charge in [-0.3, -0.25) is 0 Å². The van der Waals surface area contributed by atoms with Gasteiger partial charge in [-0.05, 0) is 12.8 Å². The van der Waals surface area contributed by atoms with Crippen LogP contribution < -0.4 is 10.6 Å². The molecule has 1 aliphatic carbocycles. The predicted octanol–water partition coefficient (Wildman–Crippen LogP) is 0.746. The van der Waals surface area contributed by atoms with E-state index < -0.39 is 0 Å². The second-order valence-corrected chi connectivity index (χ2v) is 4.17. The molecule has 1 aliphatic rings. The molecule has 3 atom stereocenters. The summed E-state index contributed by atoms with van der Waals surface area (Å²) in [7, 11) is 5.07. The molecule has 0 bridgehead atoms. The molecule has 0 saturated heterocycles. The van der Waals surface area contributed by atoms with Crippen LogP contribution in [0.3, 0.4) is 0 Å². The molecule has 5 nitrogen and oxygen atoms in total. The topological polar surface area (TPSA) is 59.6 Å². The summed E-state index contributed by atoms with van der Waals surface area (Å²) in [6.07, 6.45) is 3.45. The smallest absolute Gasteiger partial charge is 0.314 e. The molecule has 0 heterocycles. The molecule has 0 aliphatic heterocycles. The number of methoxy groups -OCH3 is 2. The first-order valence-electron chi connectivity index (χ1n) is 5.72. The normalized spacial score (nSPS) is 29.8. The number of ether oxygens (including phenoxy) is 2. The van der Waals surface area contributed by atoms with Crippen molar-refractivity contribution in [3.8, 4) is 0 Å². The van der Waals surface area contributed by atoms with E-state index in [0.29, 0.717) is 18.6 Å². The van der Waals surface area contributed by atoms with E-state index in [4.69, 9.17) is 9.47 Å². The minimum Gasteiger partial charge on any atom is -0.381 e. The van der Waals surface area contributed by atoms with Crippen molar-refractivity contribution in [1.82, 2.24) is 10.6 Å². The number of rotatable bonds is 4. The molecule has 0 aromatic carbocycles. The van der Waals surface area contributed by atoms with E-state index in [9.17, 15) is 4.79 Å². The first-order valence-corrected chi connectivity index (χ1v) is 5.72. The summed E-state index contributed by atoms with van der Waals surface area (Å²) in [4.78, 5) is 11.1. The molecular weight excluding hydrogens is 208 g/mol. The SMILES string of the molecule is CNC(=O)NCC1CCC(OC)CC1OC. The number of hydrogen-bond donors (Lipinski definition) is 2. The molecule has 1 fully saturated rings. The maximum atomic E-state index is 11.1. The van der Waals surface area contributed by atoms with E-state index in [-0.39, 0.29) is 12.1 Å². The molecule has 0 aromatic rings. The number of amides is 2. The number of urea groups is 1. The molecule has 16 heavy (non-hydrogen) atoms. The molecule has 0 spiro atoms. The van der Waals surface area contributed by atoms with Crippen LogP contribution in [0.25, 0.3) is 0 Å².